The van der Waals surface area contributed by atoms with Gasteiger partial charge < -0.3 is 9.84 Å². The summed E-state index contributed by atoms with van der Waals surface area (Å²) in [6.45, 7) is 10.1. The standard InChI is InChI=1S/C31H29BrO3S/c1-16(2)23-14-19(15-24(17(3)4)29(23)35-18(5)31(33)34)26-20-10-6-7-11-21(20)28(32)30-27(26)22-12-8-9-13-25(22)36-30/h6-18H,1-5H3,(H,33,34)/t18-/m1/s1. The van der Waals surface area contributed by atoms with Crippen LogP contribution in [0.4, 0.5) is 0 Å². The molecule has 0 bridgehead atoms. The number of carboxylic acid groups (broad SMARTS) is 1. The molecule has 0 aliphatic heterocycles. The fourth-order valence-electron chi connectivity index (χ4n) is 4.94. The Morgan fingerprint density at radius 3 is 2.00 bits per heavy atom. The number of aliphatic carboxylic acids is 1. The number of hydrogen-bond acceptors (Lipinski definition) is 3. The fourth-order valence-corrected chi connectivity index (χ4v) is 6.88. The van der Waals surface area contributed by atoms with Gasteiger partial charge >= 0.3 is 5.97 Å². The summed E-state index contributed by atoms with van der Waals surface area (Å²) in [5, 5.41) is 14.4. The van der Waals surface area contributed by atoms with Crippen LogP contribution in [0.5, 0.6) is 5.75 Å². The molecule has 0 saturated heterocycles. The lowest BCUT2D eigenvalue weighted by Crippen LogP contribution is -2.24. The molecule has 1 atom stereocenters. The summed E-state index contributed by atoms with van der Waals surface area (Å²) >= 11 is 5.74. The number of carboxylic acids is 1. The van der Waals surface area contributed by atoms with Gasteiger partial charge in [-0.25, -0.2) is 4.79 Å². The zero-order chi connectivity index (χ0) is 25.7. The average Bonchev–Trinajstić information content (AvgIpc) is 3.24. The van der Waals surface area contributed by atoms with Gasteiger partial charge in [-0.05, 0) is 85.9 Å². The molecule has 1 heterocycles. The molecule has 0 radical (unpaired) electrons. The van der Waals surface area contributed by atoms with Gasteiger partial charge in [-0.3, -0.25) is 0 Å². The Balaban J connectivity index is 1.93. The summed E-state index contributed by atoms with van der Waals surface area (Å²) < 4.78 is 9.72. The monoisotopic (exact) mass is 560 g/mol. The van der Waals surface area contributed by atoms with Crippen LogP contribution in [0.1, 0.15) is 57.6 Å². The minimum atomic E-state index is -0.964. The molecule has 1 aromatic heterocycles. The Kier molecular flexibility index (Phi) is 6.56. The van der Waals surface area contributed by atoms with Gasteiger partial charge in [0, 0.05) is 19.9 Å². The summed E-state index contributed by atoms with van der Waals surface area (Å²) in [7, 11) is 0. The maximum absolute atomic E-state index is 11.6. The highest BCUT2D eigenvalue weighted by atomic mass is 79.9. The van der Waals surface area contributed by atoms with Crippen LogP contribution in [0.25, 0.3) is 42.1 Å². The largest absolute Gasteiger partial charge is 0.479 e. The fraction of sp³-hybridized carbons (Fsp3) is 0.258. The number of carbonyl (C=O) groups is 1. The third-order valence-electron chi connectivity index (χ3n) is 6.80. The summed E-state index contributed by atoms with van der Waals surface area (Å²) in [4.78, 5) is 11.6. The topological polar surface area (TPSA) is 46.5 Å². The smallest absolute Gasteiger partial charge is 0.344 e. The molecule has 1 N–H and O–H groups in total. The summed E-state index contributed by atoms with van der Waals surface area (Å²) in [6, 6.07) is 21.6. The number of halogens is 1. The molecule has 5 heteroatoms. The lowest BCUT2D eigenvalue weighted by atomic mass is 9.86. The van der Waals surface area contributed by atoms with E-state index in [1.54, 1.807) is 6.92 Å². The van der Waals surface area contributed by atoms with Crippen molar-refractivity contribution < 1.29 is 14.6 Å². The molecule has 0 unspecified atom stereocenters. The summed E-state index contributed by atoms with van der Waals surface area (Å²) in [5.74, 6) is 0.0602. The van der Waals surface area contributed by atoms with Crippen molar-refractivity contribution >= 4 is 64.2 Å². The van der Waals surface area contributed by atoms with Crippen molar-refractivity contribution in [3.05, 3.63) is 76.3 Å². The molecule has 4 aromatic carbocycles. The van der Waals surface area contributed by atoms with Gasteiger partial charge in [0.25, 0.3) is 0 Å². The molecule has 3 nitrogen and oxygen atoms in total. The first-order valence-corrected chi connectivity index (χ1v) is 13.9. The second-order valence-electron chi connectivity index (χ2n) is 9.93. The highest BCUT2D eigenvalue weighted by Crippen LogP contribution is 2.50. The molecular weight excluding hydrogens is 532 g/mol. The molecule has 0 spiro atoms. The highest BCUT2D eigenvalue weighted by Gasteiger charge is 2.25. The van der Waals surface area contributed by atoms with Crippen molar-refractivity contribution in [3.8, 4) is 16.9 Å². The van der Waals surface area contributed by atoms with Gasteiger partial charge in [0.05, 0.1) is 4.70 Å². The van der Waals surface area contributed by atoms with Crippen molar-refractivity contribution in [3.63, 3.8) is 0 Å². The second kappa shape index (κ2) is 9.53. The second-order valence-corrected chi connectivity index (χ2v) is 11.8. The lowest BCUT2D eigenvalue weighted by Gasteiger charge is -2.24. The number of benzene rings is 4. The van der Waals surface area contributed by atoms with Gasteiger partial charge in [0.15, 0.2) is 6.10 Å². The van der Waals surface area contributed by atoms with Gasteiger partial charge in [0.2, 0.25) is 0 Å². The van der Waals surface area contributed by atoms with E-state index >= 15 is 0 Å². The molecular formula is C31H29BrO3S. The van der Waals surface area contributed by atoms with Crippen LogP contribution in [0.2, 0.25) is 0 Å². The maximum Gasteiger partial charge on any atom is 0.344 e. The molecule has 5 aromatic rings. The van der Waals surface area contributed by atoms with E-state index in [1.165, 1.54) is 36.5 Å². The third-order valence-corrected chi connectivity index (χ3v) is 9.07. The first-order valence-electron chi connectivity index (χ1n) is 12.3. The van der Waals surface area contributed by atoms with Crippen molar-refractivity contribution in [1.29, 1.82) is 0 Å². The lowest BCUT2D eigenvalue weighted by molar-refractivity contribution is -0.144. The number of fused-ring (bicyclic) bond motifs is 4. The molecule has 0 aliphatic rings. The Labute approximate surface area is 223 Å². The Bertz CT molecular complexity index is 1600. The quantitative estimate of drug-likeness (QED) is 0.225. The van der Waals surface area contributed by atoms with Crippen LogP contribution in [0.15, 0.2) is 65.1 Å². The number of thiophene rings is 1. The Hall–Kier alpha value is -2.89. The Morgan fingerprint density at radius 2 is 1.42 bits per heavy atom. The first kappa shape index (κ1) is 24.8. The number of hydrogen-bond donors (Lipinski definition) is 1. The van der Waals surface area contributed by atoms with E-state index in [-0.39, 0.29) is 11.8 Å². The first-order chi connectivity index (χ1) is 17.2. The van der Waals surface area contributed by atoms with Crippen molar-refractivity contribution in [2.24, 2.45) is 0 Å². The number of rotatable bonds is 6. The zero-order valence-electron chi connectivity index (χ0n) is 21.1. The summed E-state index contributed by atoms with van der Waals surface area (Å²) in [5.41, 5.74) is 4.41. The normalized spacial score (nSPS) is 12.8. The van der Waals surface area contributed by atoms with Gasteiger partial charge in [-0.1, -0.05) is 70.2 Å². The minimum Gasteiger partial charge on any atom is -0.479 e. The van der Waals surface area contributed by atoms with Crippen LogP contribution < -0.4 is 4.74 Å². The van der Waals surface area contributed by atoms with Crippen LogP contribution in [-0.4, -0.2) is 17.2 Å². The molecule has 0 saturated carbocycles. The van der Waals surface area contributed by atoms with E-state index in [0.717, 1.165) is 21.2 Å². The van der Waals surface area contributed by atoms with E-state index in [9.17, 15) is 9.90 Å². The molecule has 184 valence electrons. The van der Waals surface area contributed by atoms with E-state index in [4.69, 9.17) is 4.74 Å². The predicted octanol–water partition coefficient (Wildman–Crippen LogP) is 9.74. The molecule has 5 rings (SSSR count). The van der Waals surface area contributed by atoms with E-state index in [1.807, 2.05) is 11.3 Å². The van der Waals surface area contributed by atoms with Crippen LogP contribution >= 0.6 is 27.3 Å². The van der Waals surface area contributed by atoms with Crippen LogP contribution in [0.3, 0.4) is 0 Å². The molecule has 0 aliphatic carbocycles. The van der Waals surface area contributed by atoms with Crippen molar-refractivity contribution in [2.45, 2.75) is 52.6 Å². The predicted molar refractivity (Wildman–Crippen MR) is 156 cm³/mol. The zero-order valence-corrected chi connectivity index (χ0v) is 23.5. The van der Waals surface area contributed by atoms with E-state index in [0.29, 0.717) is 5.75 Å². The molecule has 0 amide bonds. The SMILES string of the molecule is CC(C)c1cc(-c2c3ccccc3c(Br)c3sc4ccccc4c23)cc(C(C)C)c1O[C@H](C)C(=O)O. The van der Waals surface area contributed by atoms with Gasteiger partial charge in [-0.15, -0.1) is 11.3 Å². The van der Waals surface area contributed by atoms with Gasteiger partial charge in [0.1, 0.15) is 5.75 Å². The van der Waals surface area contributed by atoms with Crippen LogP contribution in [0, 0.1) is 0 Å². The van der Waals surface area contributed by atoms with E-state index < -0.39 is 12.1 Å². The average molecular weight is 562 g/mol. The molecule has 36 heavy (non-hydrogen) atoms. The maximum atomic E-state index is 11.6. The number of ether oxygens (including phenoxy) is 1. The molecule has 0 fully saturated rings. The van der Waals surface area contributed by atoms with Crippen molar-refractivity contribution in [2.75, 3.05) is 0 Å². The minimum absolute atomic E-state index is 0.162. The highest BCUT2D eigenvalue weighted by molar-refractivity contribution is 9.11. The van der Waals surface area contributed by atoms with Crippen LogP contribution in [-0.2, 0) is 4.79 Å². The van der Waals surface area contributed by atoms with Gasteiger partial charge in [-0.2, -0.15) is 0 Å². The Morgan fingerprint density at radius 1 is 0.861 bits per heavy atom. The van der Waals surface area contributed by atoms with Crippen molar-refractivity contribution in [1.82, 2.24) is 0 Å². The van der Waals surface area contributed by atoms with E-state index in [2.05, 4.69) is 104 Å². The summed E-state index contributed by atoms with van der Waals surface area (Å²) in [6.07, 6.45) is -0.924. The third kappa shape index (κ3) is 4.08.